The molecule has 0 aliphatic carbocycles. The number of piperidine rings is 1. The highest BCUT2D eigenvalue weighted by Gasteiger charge is 2.16. The number of fused-ring (bicyclic) bond motifs is 1. The number of hydrogen-bond acceptors (Lipinski definition) is 2. The lowest BCUT2D eigenvalue weighted by Gasteiger charge is -2.30. The Bertz CT molecular complexity index is 527. The maximum Gasteiger partial charge on any atom is 0.0348 e. The molecule has 0 bridgehead atoms. The van der Waals surface area contributed by atoms with Gasteiger partial charge >= 0.3 is 0 Å². The van der Waals surface area contributed by atoms with Crippen LogP contribution < -0.4 is 5.32 Å². The van der Waals surface area contributed by atoms with E-state index in [1.54, 1.807) is 0 Å². The molecule has 1 aliphatic heterocycles. The van der Waals surface area contributed by atoms with Crippen molar-refractivity contribution >= 4 is 16.5 Å². The van der Waals surface area contributed by atoms with E-state index in [2.05, 4.69) is 59.7 Å². The Balaban J connectivity index is 1.74. The van der Waals surface area contributed by atoms with Crippen LogP contribution in [0.3, 0.4) is 0 Å². The number of likely N-dealkylation sites (tertiary alicyclic amines) is 1. The van der Waals surface area contributed by atoms with Crippen LogP contribution in [0.25, 0.3) is 10.8 Å². The average Bonchev–Trinajstić information content (AvgIpc) is 2.41. The smallest absolute Gasteiger partial charge is 0.0348 e. The minimum Gasteiger partial charge on any atom is -0.382 e. The van der Waals surface area contributed by atoms with Crippen LogP contribution in [0.1, 0.15) is 12.8 Å². The molecule has 1 N–H and O–H groups in total. The normalized spacial score (nSPS) is 18.1. The van der Waals surface area contributed by atoms with Gasteiger partial charge < -0.3 is 10.2 Å². The third kappa shape index (κ3) is 2.49. The molecule has 2 aromatic rings. The molecule has 1 heterocycles. The fourth-order valence-electron chi connectivity index (χ4n) is 2.67. The first kappa shape index (κ1) is 11.5. The molecule has 0 aromatic heterocycles. The van der Waals surface area contributed by atoms with E-state index in [1.165, 1.54) is 42.4 Å². The highest BCUT2D eigenvalue weighted by atomic mass is 15.1. The number of benzene rings is 2. The first-order valence-electron chi connectivity index (χ1n) is 6.75. The fourth-order valence-corrected chi connectivity index (χ4v) is 2.67. The maximum absolute atomic E-state index is 3.67. The summed E-state index contributed by atoms with van der Waals surface area (Å²) in [5.41, 5.74) is 1.25. The molecule has 3 rings (SSSR count). The van der Waals surface area contributed by atoms with Gasteiger partial charge in [-0.2, -0.15) is 0 Å². The van der Waals surface area contributed by atoms with E-state index >= 15 is 0 Å². The number of nitrogens with one attached hydrogen (secondary N) is 1. The summed E-state index contributed by atoms with van der Waals surface area (Å²) in [6, 6.07) is 15.8. The van der Waals surface area contributed by atoms with Crippen LogP contribution in [0.2, 0.25) is 0 Å². The fraction of sp³-hybridized carbons (Fsp3) is 0.375. The molecule has 0 atom stereocenters. The van der Waals surface area contributed by atoms with Crippen LogP contribution >= 0.6 is 0 Å². The topological polar surface area (TPSA) is 15.3 Å². The van der Waals surface area contributed by atoms with Crippen molar-refractivity contribution < 1.29 is 0 Å². The van der Waals surface area contributed by atoms with E-state index in [0.29, 0.717) is 6.04 Å². The molecule has 0 spiro atoms. The van der Waals surface area contributed by atoms with Crippen molar-refractivity contribution in [2.24, 2.45) is 0 Å². The van der Waals surface area contributed by atoms with Crippen molar-refractivity contribution in [2.75, 3.05) is 25.5 Å². The van der Waals surface area contributed by atoms with Crippen molar-refractivity contribution in [1.82, 2.24) is 4.90 Å². The molecule has 94 valence electrons. The van der Waals surface area contributed by atoms with Gasteiger partial charge in [0.1, 0.15) is 0 Å². The van der Waals surface area contributed by atoms with Crippen LogP contribution in [0.4, 0.5) is 5.69 Å². The Hall–Kier alpha value is -1.54. The van der Waals surface area contributed by atoms with Crippen LogP contribution in [0.15, 0.2) is 42.5 Å². The number of rotatable bonds is 2. The molecular weight excluding hydrogens is 220 g/mol. The predicted octanol–water partition coefficient (Wildman–Crippen LogP) is 3.35. The lowest BCUT2D eigenvalue weighted by atomic mass is 10.0. The molecule has 1 aliphatic rings. The summed E-state index contributed by atoms with van der Waals surface area (Å²) in [6.45, 7) is 2.40. The Labute approximate surface area is 109 Å². The zero-order chi connectivity index (χ0) is 12.4. The van der Waals surface area contributed by atoms with Gasteiger partial charge in [-0.25, -0.2) is 0 Å². The lowest BCUT2D eigenvalue weighted by Crippen LogP contribution is -2.36. The molecule has 1 saturated heterocycles. The molecule has 0 unspecified atom stereocenters. The van der Waals surface area contributed by atoms with Gasteiger partial charge in [0.2, 0.25) is 0 Å². The minimum atomic E-state index is 0.627. The van der Waals surface area contributed by atoms with Gasteiger partial charge in [0.05, 0.1) is 0 Å². The van der Waals surface area contributed by atoms with E-state index in [9.17, 15) is 0 Å². The number of nitrogens with zero attached hydrogens (tertiary/aromatic N) is 1. The standard InChI is InChI=1S/C16H20N2/c1-18-10-8-15(9-11-18)17-16-7-6-13-4-2-3-5-14(13)12-16/h2-7,12,15,17H,8-11H2,1H3. The summed E-state index contributed by atoms with van der Waals surface area (Å²) in [6.07, 6.45) is 2.48. The van der Waals surface area contributed by atoms with E-state index < -0.39 is 0 Å². The lowest BCUT2D eigenvalue weighted by molar-refractivity contribution is 0.264. The Morgan fingerprint density at radius 2 is 1.72 bits per heavy atom. The van der Waals surface area contributed by atoms with Gasteiger partial charge in [-0.1, -0.05) is 30.3 Å². The van der Waals surface area contributed by atoms with Gasteiger partial charge in [-0.15, -0.1) is 0 Å². The van der Waals surface area contributed by atoms with Crippen LogP contribution in [0.5, 0.6) is 0 Å². The summed E-state index contributed by atoms with van der Waals surface area (Å²) in [4.78, 5) is 2.40. The quantitative estimate of drug-likeness (QED) is 0.866. The summed E-state index contributed by atoms with van der Waals surface area (Å²) in [5.74, 6) is 0. The summed E-state index contributed by atoms with van der Waals surface area (Å²) >= 11 is 0. The molecule has 2 nitrogen and oxygen atoms in total. The number of hydrogen-bond donors (Lipinski definition) is 1. The van der Waals surface area contributed by atoms with Crippen molar-refractivity contribution in [3.05, 3.63) is 42.5 Å². The molecule has 0 radical (unpaired) electrons. The Morgan fingerprint density at radius 1 is 1.00 bits per heavy atom. The summed E-state index contributed by atoms with van der Waals surface area (Å²) < 4.78 is 0. The molecular formula is C16H20N2. The molecule has 0 saturated carbocycles. The predicted molar refractivity (Wildman–Crippen MR) is 78.1 cm³/mol. The second-order valence-corrected chi connectivity index (χ2v) is 5.28. The van der Waals surface area contributed by atoms with Crippen molar-refractivity contribution in [3.8, 4) is 0 Å². The van der Waals surface area contributed by atoms with Gasteiger partial charge in [0.25, 0.3) is 0 Å². The zero-order valence-electron chi connectivity index (χ0n) is 10.9. The minimum absolute atomic E-state index is 0.627. The van der Waals surface area contributed by atoms with E-state index in [4.69, 9.17) is 0 Å². The Kier molecular flexibility index (Phi) is 3.20. The molecule has 2 heteroatoms. The first-order chi connectivity index (χ1) is 8.81. The zero-order valence-corrected chi connectivity index (χ0v) is 10.9. The van der Waals surface area contributed by atoms with Crippen molar-refractivity contribution in [3.63, 3.8) is 0 Å². The summed E-state index contributed by atoms with van der Waals surface area (Å²) in [7, 11) is 2.20. The van der Waals surface area contributed by atoms with Gasteiger partial charge in [0.15, 0.2) is 0 Å². The van der Waals surface area contributed by atoms with Crippen molar-refractivity contribution in [1.29, 1.82) is 0 Å². The number of anilines is 1. The molecule has 1 fully saturated rings. The van der Waals surface area contributed by atoms with E-state index in [1.807, 2.05) is 0 Å². The van der Waals surface area contributed by atoms with E-state index in [-0.39, 0.29) is 0 Å². The van der Waals surface area contributed by atoms with Crippen LogP contribution in [-0.4, -0.2) is 31.1 Å². The van der Waals surface area contributed by atoms with Crippen LogP contribution in [-0.2, 0) is 0 Å². The maximum atomic E-state index is 3.67. The molecule has 2 aromatic carbocycles. The van der Waals surface area contributed by atoms with Crippen molar-refractivity contribution in [2.45, 2.75) is 18.9 Å². The second kappa shape index (κ2) is 4.99. The Morgan fingerprint density at radius 3 is 2.50 bits per heavy atom. The highest BCUT2D eigenvalue weighted by Crippen LogP contribution is 2.21. The first-order valence-corrected chi connectivity index (χ1v) is 6.75. The largest absolute Gasteiger partial charge is 0.382 e. The molecule has 18 heavy (non-hydrogen) atoms. The SMILES string of the molecule is CN1CCC(Nc2ccc3ccccc3c2)CC1. The molecule has 0 amide bonds. The van der Waals surface area contributed by atoms with Crippen LogP contribution in [0, 0.1) is 0 Å². The highest BCUT2D eigenvalue weighted by molar-refractivity contribution is 5.85. The second-order valence-electron chi connectivity index (χ2n) is 5.28. The monoisotopic (exact) mass is 240 g/mol. The summed E-state index contributed by atoms with van der Waals surface area (Å²) in [5, 5.41) is 6.29. The van der Waals surface area contributed by atoms with E-state index in [0.717, 1.165) is 0 Å². The average molecular weight is 240 g/mol. The van der Waals surface area contributed by atoms with Gasteiger partial charge in [-0.05, 0) is 55.9 Å². The van der Waals surface area contributed by atoms with Gasteiger partial charge in [0, 0.05) is 11.7 Å². The van der Waals surface area contributed by atoms with Gasteiger partial charge in [-0.3, -0.25) is 0 Å². The third-order valence-corrected chi connectivity index (χ3v) is 3.84. The third-order valence-electron chi connectivity index (χ3n) is 3.84.